The fourth-order valence-corrected chi connectivity index (χ4v) is 4.32. The van der Waals surface area contributed by atoms with Crippen molar-refractivity contribution >= 4 is 74.1 Å². The number of carbonyl (C=O) groups excluding carboxylic acids is 4. The number of halogens is 2. The topological polar surface area (TPSA) is 92.8 Å². The average molecular weight is 552 g/mol. The summed E-state index contributed by atoms with van der Waals surface area (Å²) in [4.78, 5) is 50.8. The number of anilines is 1. The van der Waals surface area contributed by atoms with Crippen molar-refractivity contribution in [3.8, 4) is 0 Å². The van der Waals surface area contributed by atoms with E-state index in [0.717, 1.165) is 39.5 Å². The summed E-state index contributed by atoms with van der Waals surface area (Å²) in [6, 6.07) is 11.7. The molecule has 10 heteroatoms. The van der Waals surface area contributed by atoms with Crippen LogP contribution in [-0.2, 0) is 14.3 Å². The van der Waals surface area contributed by atoms with E-state index in [1.54, 1.807) is 12.1 Å². The highest BCUT2D eigenvalue weighted by atomic mass is 79.9. The van der Waals surface area contributed by atoms with Gasteiger partial charge in [-0.2, -0.15) is 0 Å². The third kappa shape index (κ3) is 6.69. The van der Waals surface area contributed by atoms with Gasteiger partial charge in [-0.15, -0.1) is 0 Å². The number of hydrogen-bond donors (Lipinski definition) is 1. The van der Waals surface area contributed by atoms with Gasteiger partial charge >= 0.3 is 5.97 Å². The molecule has 0 radical (unpaired) electrons. The van der Waals surface area contributed by atoms with Crippen molar-refractivity contribution < 1.29 is 23.9 Å². The number of benzene rings is 2. The van der Waals surface area contributed by atoms with Crippen molar-refractivity contribution in [1.29, 1.82) is 0 Å². The molecule has 0 atom stereocenters. The normalized spacial score (nSPS) is 14.6. The molecule has 1 heterocycles. The lowest BCUT2D eigenvalue weighted by molar-refractivity contribution is -0.127. The Morgan fingerprint density at radius 3 is 2.73 bits per heavy atom. The van der Waals surface area contributed by atoms with E-state index in [9.17, 15) is 19.2 Å². The molecular formula is C23H20BrClN2O5S. The Kier molecular flexibility index (Phi) is 8.71. The Bertz CT molecular complexity index is 1140. The Morgan fingerprint density at radius 2 is 2.00 bits per heavy atom. The zero-order valence-electron chi connectivity index (χ0n) is 17.6. The number of thioether (sulfide) groups is 1. The zero-order valence-corrected chi connectivity index (χ0v) is 20.8. The standard InChI is InChI=1S/C23H20BrClN2O5S/c1-2-3-9-32-22(30)17-12-16(7-8-18(17)25)26-20(28)13-27-21(29)19(33-23(27)31)11-14-5-4-6-15(24)10-14/h4-8,10-12H,2-3,9,13H2,1H3,(H,26,28)/b19-11+. The lowest BCUT2D eigenvalue weighted by Gasteiger charge is -2.13. The van der Waals surface area contributed by atoms with Crippen LogP contribution in [-0.4, -0.2) is 41.1 Å². The van der Waals surface area contributed by atoms with E-state index in [0.29, 0.717) is 5.69 Å². The van der Waals surface area contributed by atoms with Gasteiger partial charge in [0.1, 0.15) is 6.54 Å². The number of unbranched alkanes of at least 4 members (excludes halogenated alkanes) is 1. The van der Waals surface area contributed by atoms with Crippen molar-refractivity contribution in [3.05, 3.63) is 68.0 Å². The van der Waals surface area contributed by atoms with Crippen molar-refractivity contribution in [2.24, 2.45) is 0 Å². The van der Waals surface area contributed by atoms with Gasteiger partial charge < -0.3 is 10.1 Å². The first-order chi connectivity index (χ1) is 15.8. The number of nitrogens with one attached hydrogen (secondary N) is 1. The highest BCUT2D eigenvalue weighted by Crippen LogP contribution is 2.32. The maximum absolute atomic E-state index is 12.7. The van der Waals surface area contributed by atoms with Crippen molar-refractivity contribution in [1.82, 2.24) is 4.90 Å². The average Bonchev–Trinajstić information content (AvgIpc) is 3.02. The maximum Gasteiger partial charge on any atom is 0.339 e. The molecule has 2 aromatic rings. The van der Waals surface area contributed by atoms with Gasteiger partial charge in [0.25, 0.3) is 11.1 Å². The minimum Gasteiger partial charge on any atom is -0.462 e. The number of ether oxygens (including phenoxy) is 1. The SMILES string of the molecule is CCCCOC(=O)c1cc(NC(=O)CN2C(=O)S/C(=C/c3cccc(Br)c3)C2=O)ccc1Cl. The molecule has 172 valence electrons. The Hall–Kier alpha value is -2.62. The Morgan fingerprint density at radius 1 is 1.21 bits per heavy atom. The summed E-state index contributed by atoms with van der Waals surface area (Å²) in [5, 5.41) is 2.24. The first-order valence-corrected chi connectivity index (χ1v) is 12.0. The van der Waals surface area contributed by atoms with Gasteiger partial charge in [-0.1, -0.05) is 53.0 Å². The Balaban J connectivity index is 1.66. The van der Waals surface area contributed by atoms with E-state index in [-0.39, 0.29) is 22.1 Å². The predicted octanol–water partition coefficient (Wildman–Crippen LogP) is 5.73. The van der Waals surface area contributed by atoms with E-state index >= 15 is 0 Å². The fraction of sp³-hybridized carbons (Fsp3) is 0.217. The smallest absolute Gasteiger partial charge is 0.339 e. The lowest BCUT2D eigenvalue weighted by Crippen LogP contribution is -2.36. The molecule has 0 aromatic heterocycles. The maximum atomic E-state index is 12.7. The van der Waals surface area contributed by atoms with Crippen LogP contribution in [0.2, 0.25) is 5.02 Å². The molecule has 7 nitrogen and oxygen atoms in total. The number of amides is 3. The van der Waals surface area contributed by atoms with Gasteiger partial charge in [-0.25, -0.2) is 4.79 Å². The predicted molar refractivity (Wildman–Crippen MR) is 132 cm³/mol. The minimum absolute atomic E-state index is 0.119. The first-order valence-electron chi connectivity index (χ1n) is 10.1. The second kappa shape index (κ2) is 11.5. The van der Waals surface area contributed by atoms with Crippen LogP contribution < -0.4 is 5.32 Å². The van der Waals surface area contributed by atoms with Crippen LogP contribution in [0.15, 0.2) is 51.8 Å². The van der Waals surface area contributed by atoms with Gasteiger partial charge in [-0.3, -0.25) is 19.3 Å². The summed E-state index contributed by atoms with van der Waals surface area (Å²) in [7, 11) is 0. The van der Waals surface area contributed by atoms with Crippen molar-refractivity contribution in [3.63, 3.8) is 0 Å². The van der Waals surface area contributed by atoms with E-state index in [1.807, 2.05) is 25.1 Å². The van der Waals surface area contributed by atoms with Crippen molar-refractivity contribution in [2.45, 2.75) is 19.8 Å². The van der Waals surface area contributed by atoms with Crippen LogP contribution in [0.4, 0.5) is 10.5 Å². The van der Waals surface area contributed by atoms with Crippen LogP contribution in [0.1, 0.15) is 35.7 Å². The zero-order chi connectivity index (χ0) is 24.0. The highest BCUT2D eigenvalue weighted by molar-refractivity contribution is 9.10. The second-order valence-corrected chi connectivity index (χ2v) is 9.37. The molecule has 3 amide bonds. The molecule has 1 N–H and O–H groups in total. The van der Waals surface area contributed by atoms with Crippen LogP contribution in [0.3, 0.4) is 0 Å². The molecule has 0 saturated carbocycles. The van der Waals surface area contributed by atoms with Crippen molar-refractivity contribution in [2.75, 3.05) is 18.5 Å². The minimum atomic E-state index is -0.590. The third-order valence-electron chi connectivity index (χ3n) is 4.52. The highest BCUT2D eigenvalue weighted by Gasteiger charge is 2.36. The molecule has 33 heavy (non-hydrogen) atoms. The molecule has 2 aromatic carbocycles. The number of esters is 1. The summed E-state index contributed by atoms with van der Waals surface area (Å²) >= 11 is 10.2. The van der Waals surface area contributed by atoms with Gasteiger partial charge in [0, 0.05) is 10.2 Å². The quantitative estimate of drug-likeness (QED) is 0.256. The molecule has 0 spiro atoms. The summed E-state index contributed by atoms with van der Waals surface area (Å²) < 4.78 is 6.01. The second-order valence-electron chi connectivity index (χ2n) is 7.06. The van der Waals surface area contributed by atoms with E-state index in [2.05, 4.69) is 21.2 Å². The third-order valence-corrected chi connectivity index (χ3v) is 6.25. The van der Waals surface area contributed by atoms with E-state index < -0.39 is 29.6 Å². The summed E-state index contributed by atoms with van der Waals surface area (Å²) in [5.74, 6) is -1.72. The number of imide groups is 1. The summed E-state index contributed by atoms with van der Waals surface area (Å²) in [6.07, 6.45) is 3.21. The molecule has 3 rings (SSSR count). The van der Waals surface area contributed by atoms with Crippen LogP contribution >= 0.6 is 39.3 Å². The number of rotatable bonds is 8. The van der Waals surface area contributed by atoms with Gasteiger partial charge in [0.15, 0.2) is 0 Å². The molecule has 1 saturated heterocycles. The van der Waals surface area contributed by atoms with Gasteiger partial charge in [0.05, 0.1) is 22.1 Å². The summed E-state index contributed by atoms with van der Waals surface area (Å²) in [6.45, 7) is 1.79. The summed E-state index contributed by atoms with van der Waals surface area (Å²) in [5.41, 5.74) is 1.16. The molecule has 0 unspecified atom stereocenters. The monoisotopic (exact) mass is 550 g/mol. The van der Waals surface area contributed by atoms with Gasteiger partial charge in [0.2, 0.25) is 5.91 Å². The van der Waals surface area contributed by atoms with Gasteiger partial charge in [-0.05, 0) is 60.2 Å². The fourth-order valence-electron chi connectivity index (χ4n) is 2.87. The Labute approximate surface area is 208 Å². The molecule has 1 fully saturated rings. The van der Waals surface area contributed by atoms with E-state index in [4.69, 9.17) is 16.3 Å². The van der Waals surface area contributed by atoms with Crippen LogP contribution in [0.5, 0.6) is 0 Å². The number of nitrogens with zero attached hydrogens (tertiary/aromatic N) is 1. The number of carbonyl (C=O) groups is 4. The lowest BCUT2D eigenvalue weighted by atomic mass is 10.2. The van der Waals surface area contributed by atoms with Crippen LogP contribution in [0, 0.1) is 0 Å². The van der Waals surface area contributed by atoms with Crippen LogP contribution in [0.25, 0.3) is 6.08 Å². The largest absolute Gasteiger partial charge is 0.462 e. The molecular weight excluding hydrogens is 532 g/mol. The molecule has 0 aliphatic carbocycles. The van der Waals surface area contributed by atoms with E-state index in [1.165, 1.54) is 18.2 Å². The number of hydrogen-bond acceptors (Lipinski definition) is 6. The molecule has 1 aliphatic rings. The first kappa shape index (κ1) is 25.0. The molecule has 1 aliphatic heterocycles. The molecule has 0 bridgehead atoms.